The van der Waals surface area contributed by atoms with E-state index in [2.05, 4.69) is 4.90 Å². The number of nitrogens with zero attached hydrogens (tertiary/aromatic N) is 1. The molecule has 100 valence electrons. The van der Waals surface area contributed by atoms with Crippen LogP contribution in [0.3, 0.4) is 0 Å². The molecule has 0 N–H and O–H groups in total. The largest absolute Gasteiger partial charge is 0.495 e. The SMILES string of the molecule is CCS(=O)(=O)c1ccc(OC)c(N2CCCC2)c1. The molecule has 0 saturated carbocycles. The molecular formula is C13H19NO3S. The molecule has 5 heteroatoms. The lowest BCUT2D eigenvalue weighted by Gasteiger charge is -2.21. The van der Waals surface area contributed by atoms with Gasteiger partial charge in [0.1, 0.15) is 5.75 Å². The molecule has 2 rings (SSSR count). The van der Waals surface area contributed by atoms with E-state index < -0.39 is 9.84 Å². The van der Waals surface area contributed by atoms with Gasteiger partial charge in [-0.2, -0.15) is 0 Å². The second kappa shape index (κ2) is 5.18. The lowest BCUT2D eigenvalue weighted by Crippen LogP contribution is -2.19. The van der Waals surface area contributed by atoms with Crippen molar-refractivity contribution in [2.75, 3.05) is 30.9 Å². The molecule has 1 heterocycles. The molecule has 1 aromatic carbocycles. The van der Waals surface area contributed by atoms with E-state index in [-0.39, 0.29) is 5.75 Å². The van der Waals surface area contributed by atoms with Gasteiger partial charge in [0.2, 0.25) is 0 Å². The summed E-state index contributed by atoms with van der Waals surface area (Å²) in [4.78, 5) is 2.57. The van der Waals surface area contributed by atoms with Gasteiger partial charge in [0, 0.05) is 13.1 Å². The maximum absolute atomic E-state index is 11.9. The quantitative estimate of drug-likeness (QED) is 0.839. The standard InChI is InChI=1S/C13H19NO3S/c1-3-18(15,16)11-6-7-13(17-2)12(10-11)14-8-4-5-9-14/h6-7,10H,3-5,8-9H2,1-2H3. The van der Waals surface area contributed by atoms with Gasteiger partial charge in [0.25, 0.3) is 0 Å². The zero-order chi connectivity index (χ0) is 13.2. The number of anilines is 1. The smallest absolute Gasteiger partial charge is 0.178 e. The summed E-state index contributed by atoms with van der Waals surface area (Å²) in [6.45, 7) is 3.59. The third-order valence-electron chi connectivity index (χ3n) is 3.34. The molecule has 1 saturated heterocycles. The number of hydrogen-bond acceptors (Lipinski definition) is 4. The molecule has 1 aromatic rings. The summed E-state index contributed by atoms with van der Waals surface area (Å²) in [5.74, 6) is 0.866. The van der Waals surface area contributed by atoms with E-state index in [1.165, 1.54) is 0 Å². The molecule has 1 aliphatic heterocycles. The highest BCUT2D eigenvalue weighted by molar-refractivity contribution is 7.91. The Morgan fingerprint density at radius 3 is 2.50 bits per heavy atom. The van der Waals surface area contributed by atoms with Gasteiger partial charge in [-0.25, -0.2) is 8.42 Å². The normalized spacial score (nSPS) is 16.0. The maximum atomic E-state index is 11.9. The topological polar surface area (TPSA) is 46.6 Å². The van der Waals surface area contributed by atoms with Crippen LogP contribution in [0.4, 0.5) is 5.69 Å². The molecular weight excluding hydrogens is 250 g/mol. The number of hydrogen-bond donors (Lipinski definition) is 0. The van der Waals surface area contributed by atoms with Crippen LogP contribution < -0.4 is 9.64 Å². The van der Waals surface area contributed by atoms with Gasteiger partial charge in [-0.3, -0.25) is 0 Å². The van der Waals surface area contributed by atoms with Gasteiger partial charge < -0.3 is 9.64 Å². The Labute approximate surface area is 108 Å². The van der Waals surface area contributed by atoms with Crippen molar-refractivity contribution in [3.8, 4) is 5.75 Å². The monoisotopic (exact) mass is 269 g/mol. The Morgan fingerprint density at radius 2 is 1.94 bits per heavy atom. The number of rotatable bonds is 4. The average Bonchev–Trinajstić information content (AvgIpc) is 2.91. The van der Waals surface area contributed by atoms with Crippen molar-refractivity contribution in [2.45, 2.75) is 24.7 Å². The highest BCUT2D eigenvalue weighted by Crippen LogP contribution is 2.33. The van der Waals surface area contributed by atoms with Crippen LogP contribution >= 0.6 is 0 Å². The van der Waals surface area contributed by atoms with Gasteiger partial charge in [0.15, 0.2) is 9.84 Å². The molecule has 0 atom stereocenters. The summed E-state index contributed by atoms with van der Waals surface area (Å²) in [6, 6.07) is 5.11. The summed E-state index contributed by atoms with van der Waals surface area (Å²) < 4.78 is 29.1. The second-order valence-corrected chi connectivity index (χ2v) is 6.71. The molecule has 1 fully saturated rings. The van der Waals surface area contributed by atoms with Crippen LogP contribution in [0.2, 0.25) is 0 Å². The first kappa shape index (κ1) is 13.2. The Bertz CT molecular complexity index is 519. The van der Waals surface area contributed by atoms with Crippen molar-refractivity contribution in [3.63, 3.8) is 0 Å². The lowest BCUT2D eigenvalue weighted by atomic mass is 10.2. The van der Waals surface area contributed by atoms with Gasteiger partial charge in [-0.05, 0) is 31.0 Å². The van der Waals surface area contributed by atoms with Crippen LogP contribution in [-0.2, 0) is 9.84 Å². The molecule has 0 aromatic heterocycles. The lowest BCUT2D eigenvalue weighted by molar-refractivity contribution is 0.414. The van der Waals surface area contributed by atoms with Crippen molar-refractivity contribution in [2.24, 2.45) is 0 Å². The first-order chi connectivity index (χ1) is 8.58. The Balaban J connectivity index is 2.45. The van der Waals surface area contributed by atoms with Gasteiger partial charge in [0.05, 0.1) is 23.4 Å². The highest BCUT2D eigenvalue weighted by atomic mass is 32.2. The number of ether oxygens (including phenoxy) is 1. The Morgan fingerprint density at radius 1 is 1.28 bits per heavy atom. The van der Waals surface area contributed by atoms with E-state index in [9.17, 15) is 8.42 Å². The predicted molar refractivity (Wildman–Crippen MR) is 72.2 cm³/mol. The summed E-state index contributed by atoms with van der Waals surface area (Å²) in [7, 11) is -1.54. The zero-order valence-electron chi connectivity index (χ0n) is 10.8. The summed E-state index contributed by atoms with van der Waals surface area (Å²) in [5, 5.41) is 0. The molecule has 0 radical (unpaired) electrons. The van der Waals surface area contributed by atoms with Crippen LogP contribution in [0.25, 0.3) is 0 Å². The molecule has 1 aliphatic rings. The fourth-order valence-corrected chi connectivity index (χ4v) is 3.13. The van der Waals surface area contributed by atoms with Crippen LogP contribution in [-0.4, -0.2) is 34.4 Å². The fourth-order valence-electron chi connectivity index (χ4n) is 2.24. The molecule has 0 unspecified atom stereocenters. The molecule has 4 nitrogen and oxygen atoms in total. The minimum absolute atomic E-state index is 0.124. The van der Waals surface area contributed by atoms with Crippen molar-refractivity contribution >= 4 is 15.5 Å². The number of benzene rings is 1. The van der Waals surface area contributed by atoms with Gasteiger partial charge in [-0.1, -0.05) is 6.92 Å². The van der Waals surface area contributed by atoms with Crippen LogP contribution in [0, 0.1) is 0 Å². The second-order valence-electron chi connectivity index (χ2n) is 4.43. The predicted octanol–water partition coefficient (Wildman–Crippen LogP) is 2.09. The van der Waals surface area contributed by atoms with Crippen molar-refractivity contribution < 1.29 is 13.2 Å². The molecule has 18 heavy (non-hydrogen) atoms. The summed E-state index contributed by atoms with van der Waals surface area (Å²) in [5.41, 5.74) is 0.893. The molecule has 0 aliphatic carbocycles. The highest BCUT2D eigenvalue weighted by Gasteiger charge is 2.20. The van der Waals surface area contributed by atoms with E-state index in [1.54, 1.807) is 32.2 Å². The molecule has 0 amide bonds. The van der Waals surface area contributed by atoms with E-state index in [0.717, 1.165) is 37.4 Å². The minimum atomic E-state index is -3.16. The zero-order valence-corrected chi connectivity index (χ0v) is 11.7. The van der Waals surface area contributed by atoms with E-state index >= 15 is 0 Å². The molecule has 0 bridgehead atoms. The average molecular weight is 269 g/mol. The fraction of sp³-hybridized carbons (Fsp3) is 0.538. The summed E-state index contributed by atoms with van der Waals surface area (Å²) >= 11 is 0. The van der Waals surface area contributed by atoms with Gasteiger partial charge >= 0.3 is 0 Å². The van der Waals surface area contributed by atoms with Crippen LogP contribution in [0.5, 0.6) is 5.75 Å². The minimum Gasteiger partial charge on any atom is -0.495 e. The third-order valence-corrected chi connectivity index (χ3v) is 5.07. The van der Waals surface area contributed by atoms with Crippen molar-refractivity contribution in [1.82, 2.24) is 0 Å². The Hall–Kier alpha value is -1.23. The van der Waals surface area contributed by atoms with Crippen molar-refractivity contribution in [3.05, 3.63) is 18.2 Å². The van der Waals surface area contributed by atoms with Crippen LogP contribution in [0.1, 0.15) is 19.8 Å². The van der Waals surface area contributed by atoms with E-state index in [0.29, 0.717) is 4.90 Å². The van der Waals surface area contributed by atoms with Crippen LogP contribution in [0.15, 0.2) is 23.1 Å². The van der Waals surface area contributed by atoms with E-state index in [4.69, 9.17) is 4.74 Å². The van der Waals surface area contributed by atoms with Gasteiger partial charge in [-0.15, -0.1) is 0 Å². The van der Waals surface area contributed by atoms with Crippen molar-refractivity contribution in [1.29, 1.82) is 0 Å². The number of methoxy groups -OCH3 is 1. The molecule has 0 spiro atoms. The maximum Gasteiger partial charge on any atom is 0.178 e. The number of sulfone groups is 1. The Kier molecular flexibility index (Phi) is 3.80. The third kappa shape index (κ3) is 2.46. The first-order valence-corrected chi connectivity index (χ1v) is 7.89. The van der Waals surface area contributed by atoms with E-state index in [1.807, 2.05) is 0 Å². The summed E-state index contributed by atoms with van der Waals surface area (Å²) in [6.07, 6.45) is 2.29. The first-order valence-electron chi connectivity index (χ1n) is 6.24.